The van der Waals surface area contributed by atoms with Crippen LogP contribution in [0.5, 0.6) is 11.5 Å². The second-order valence-electron chi connectivity index (χ2n) is 6.66. The predicted octanol–water partition coefficient (Wildman–Crippen LogP) is 4.48. The van der Waals surface area contributed by atoms with Crippen molar-refractivity contribution >= 4 is 27.5 Å². The number of rotatable bonds is 6. The molecule has 0 saturated heterocycles. The summed E-state index contributed by atoms with van der Waals surface area (Å²) in [7, 11) is 3.17. The van der Waals surface area contributed by atoms with Gasteiger partial charge in [0.2, 0.25) is 0 Å². The van der Waals surface area contributed by atoms with E-state index in [-0.39, 0.29) is 11.7 Å². The van der Waals surface area contributed by atoms with Crippen LogP contribution in [0.2, 0.25) is 0 Å². The predicted molar refractivity (Wildman–Crippen MR) is 114 cm³/mol. The number of benzene rings is 2. The zero-order chi connectivity index (χ0) is 21.3. The summed E-state index contributed by atoms with van der Waals surface area (Å²) in [6.45, 7) is 2.21. The lowest BCUT2D eigenvalue weighted by Gasteiger charge is -2.11. The maximum atomic E-state index is 13.3. The molecule has 4 aromatic rings. The Hall–Kier alpha value is -3.39. The molecule has 1 N–H and O–H groups in total. The molecule has 0 saturated carbocycles. The number of thiophene rings is 1. The maximum Gasteiger partial charge on any atom is 0.261 e. The van der Waals surface area contributed by atoms with E-state index >= 15 is 0 Å². The van der Waals surface area contributed by atoms with Crippen molar-refractivity contribution in [1.29, 1.82) is 0 Å². The van der Waals surface area contributed by atoms with Crippen LogP contribution in [-0.2, 0) is 6.54 Å². The highest BCUT2D eigenvalue weighted by molar-refractivity contribution is 7.20. The molecule has 6 nitrogen and oxygen atoms in total. The molecule has 0 unspecified atom stereocenters. The molecule has 8 heteroatoms. The van der Waals surface area contributed by atoms with Crippen LogP contribution in [-0.4, -0.2) is 29.9 Å². The van der Waals surface area contributed by atoms with Crippen LogP contribution in [0.3, 0.4) is 0 Å². The molecule has 0 spiro atoms. The molecule has 0 aliphatic rings. The fourth-order valence-corrected chi connectivity index (χ4v) is 4.28. The third-order valence-corrected chi connectivity index (χ3v) is 5.88. The summed E-state index contributed by atoms with van der Waals surface area (Å²) >= 11 is 1.35. The minimum atomic E-state index is -0.306. The molecule has 0 radical (unpaired) electrons. The van der Waals surface area contributed by atoms with E-state index in [9.17, 15) is 9.18 Å². The van der Waals surface area contributed by atoms with Crippen LogP contribution in [0.25, 0.3) is 15.9 Å². The van der Waals surface area contributed by atoms with Gasteiger partial charge in [-0.1, -0.05) is 0 Å². The molecule has 0 atom stereocenters. The number of fused-ring (bicyclic) bond motifs is 1. The van der Waals surface area contributed by atoms with Crippen LogP contribution < -0.4 is 14.8 Å². The minimum absolute atomic E-state index is 0.181. The van der Waals surface area contributed by atoms with Gasteiger partial charge in [0.25, 0.3) is 5.91 Å². The maximum absolute atomic E-state index is 13.3. The molecule has 2 aromatic heterocycles. The lowest BCUT2D eigenvalue weighted by Crippen LogP contribution is -2.22. The number of amides is 1. The van der Waals surface area contributed by atoms with Crippen molar-refractivity contribution < 1.29 is 18.7 Å². The molecular weight excluding hydrogens is 405 g/mol. The van der Waals surface area contributed by atoms with E-state index in [1.165, 1.54) is 23.5 Å². The Morgan fingerprint density at radius 1 is 1.13 bits per heavy atom. The van der Waals surface area contributed by atoms with E-state index < -0.39 is 0 Å². The molecule has 2 aromatic carbocycles. The van der Waals surface area contributed by atoms with Gasteiger partial charge in [-0.05, 0) is 49.4 Å². The first-order valence-electron chi connectivity index (χ1n) is 9.24. The first kappa shape index (κ1) is 19.9. The van der Waals surface area contributed by atoms with Gasteiger partial charge in [-0.25, -0.2) is 9.07 Å². The quantitative estimate of drug-likeness (QED) is 0.495. The Kier molecular flexibility index (Phi) is 5.41. The van der Waals surface area contributed by atoms with Gasteiger partial charge in [0, 0.05) is 23.6 Å². The van der Waals surface area contributed by atoms with E-state index in [0.717, 1.165) is 27.2 Å². The van der Waals surface area contributed by atoms with Crippen molar-refractivity contribution in [3.8, 4) is 17.2 Å². The van der Waals surface area contributed by atoms with Gasteiger partial charge in [-0.2, -0.15) is 5.10 Å². The summed E-state index contributed by atoms with van der Waals surface area (Å²) in [6.07, 6.45) is 0. The highest BCUT2D eigenvalue weighted by Crippen LogP contribution is 2.31. The Balaban J connectivity index is 1.57. The average molecular weight is 425 g/mol. The molecule has 2 heterocycles. The largest absolute Gasteiger partial charge is 0.497 e. The van der Waals surface area contributed by atoms with Crippen LogP contribution in [0.4, 0.5) is 4.39 Å². The monoisotopic (exact) mass is 425 g/mol. The lowest BCUT2D eigenvalue weighted by atomic mass is 10.2. The van der Waals surface area contributed by atoms with Crippen LogP contribution in [0, 0.1) is 12.7 Å². The number of methoxy groups -OCH3 is 2. The van der Waals surface area contributed by atoms with Gasteiger partial charge in [0.1, 0.15) is 22.1 Å². The Morgan fingerprint density at radius 3 is 2.60 bits per heavy atom. The first-order chi connectivity index (χ1) is 14.5. The Labute approximate surface area is 176 Å². The fraction of sp³-hybridized carbons (Fsp3) is 0.182. The second-order valence-corrected chi connectivity index (χ2v) is 7.69. The summed E-state index contributed by atoms with van der Waals surface area (Å²) in [5.41, 5.74) is 2.40. The first-order valence-corrected chi connectivity index (χ1v) is 10.1. The van der Waals surface area contributed by atoms with Crippen molar-refractivity contribution in [2.75, 3.05) is 14.2 Å². The highest BCUT2D eigenvalue weighted by Gasteiger charge is 2.17. The van der Waals surface area contributed by atoms with Gasteiger partial charge < -0.3 is 14.8 Å². The topological polar surface area (TPSA) is 65.4 Å². The zero-order valence-corrected chi connectivity index (χ0v) is 17.5. The van der Waals surface area contributed by atoms with Gasteiger partial charge >= 0.3 is 0 Å². The smallest absolute Gasteiger partial charge is 0.261 e. The van der Waals surface area contributed by atoms with Crippen molar-refractivity contribution in [3.63, 3.8) is 0 Å². The van der Waals surface area contributed by atoms with Crippen molar-refractivity contribution in [2.24, 2.45) is 0 Å². The normalized spacial score (nSPS) is 10.9. The third-order valence-electron chi connectivity index (χ3n) is 4.77. The molecular formula is C22H20FN3O3S. The lowest BCUT2D eigenvalue weighted by molar-refractivity contribution is 0.0955. The van der Waals surface area contributed by atoms with Crippen LogP contribution in [0.1, 0.15) is 20.9 Å². The number of hydrogen-bond donors (Lipinski definition) is 1. The molecule has 4 rings (SSSR count). The van der Waals surface area contributed by atoms with Gasteiger partial charge in [-0.15, -0.1) is 11.3 Å². The van der Waals surface area contributed by atoms with Crippen molar-refractivity contribution in [1.82, 2.24) is 15.1 Å². The molecule has 154 valence electrons. The third kappa shape index (κ3) is 3.73. The summed E-state index contributed by atoms with van der Waals surface area (Å²) in [5.74, 6) is 0.847. The number of hydrogen-bond acceptors (Lipinski definition) is 5. The molecule has 1 amide bonds. The van der Waals surface area contributed by atoms with E-state index in [2.05, 4.69) is 10.4 Å². The van der Waals surface area contributed by atoms with Crippen LogP contribution in [0.15, 0.2) is 48.5 Å². The van der Waals surface area contributed by atoms with E-state index in [1.54, 1.807) is 37.1 Å². The number of aryl methyl sites for hydroxylation is 1. The Bertz CT molecular complexity index is 1210. The summed E-state index contributed by atoms with van der Waals surface area (Å²) in [4.78, 5) is 14.2. The standard InChI is InChI=1S/C22H20FN3O3S/c1-13-18-11-20(30-22(18)26(25-13)16-7-5-15(23)6-8-16)21(27)24-12-14-4-9-17(28-2)10-19(14)29-3/h4-11H,12H2,1-3H3,(H,24,27). The zero-order valence-electron chi connectivity index (χ0n) is 16.7. The number of ether oxygens (including phenoxy) is 2. The number of aromatic nitrogens is 2. The summed E-state index contributed by atoms with van der Waals surface area (Å²) < 4.78 is 25.6. The number of nitrogens with one attached hydrogen (secondary N) is 1. The van der Waals surface area contributed by atoms with Crippen LogP contribution >= 0.6 is 11.3 Å². The molecule has 0 fully saturated rings. The van der Waals surface area contributed by atoms with E-state index in [1.807, 2.05) is 25.1 Å². The highest BCUT2D eigenvalue weighted by atomic mass is 32.1. The Morgan fingerprint density at radius 2 is 1.90 bits per heavy atom. The second kappa shape index (κ2) is 8.16. The van der Waals surface area contributed by atoms with E-state index in [0.29, 0.717) is 22.9 Å². The van der Waals surface area contributed by atoms with Gasteiger partial charge in [0.15, 0.2) is 0 Å². The number of nitrogens with zero attached hydrogens (tertiary/aromatic N) is 2. The van der Waals surface area contributed by atoms with Gasteiger partial charge in [-0.3, -0.25) is 4.79 Å². The van der Waals surface area contributed by atoms with Crippen molar-refractivity contribution in [2.45, 2.75) is 13.5 Å². The molecule has 0 aliphatic carbocycles. The van der Waals surface area contributed by atoms with Crippen molar-refractivity contribution in [3.05, 3.63) is 70.5 Å². The number of carbonyl (C=O) groups is 1. The fourth-order valence-electron chi connectivity index (χ4n) is 3.18. The molecule has 30 heavy (non-hydrogen) atoms. The SMILES string of the molecule is COc1ccc(CNC(=O)c2cc3c(C)nn(-c4ccc(F)cc4)c3s2)c(OC)c1. The molecule has 0 bridgehead atoms. The minimum Gasteiger partial charge on any atom is -0.497 e. The molecule has 0 aliphatic heterocycles. The van der Waals surface area contributed by atoms with Gasteiger partial charge in [0.05, 0.1) is 30.5 Å². The van der Waals surface area contributed by atoms with E-state index in [4.69, 9.17) is 9.47 Å². The summed E-state index contributed by atoms with van der Waals surface area (Å²) in [5, 5.41) is 8.36. The average Bonchev–Trinajstić information content (AvgIpc) is 3.33. The number of halogens is 1. The number of carbonyl (C=O) groups excluding carboxylic acids is 1. The summed E-state index contributed by atoms with van der Waals surface area (Å²) in [6, 6.07) is 13.4.